The van der Waals surface area contributed by atoms with Gasteiger partial charge in [0.25, 0.3) is 0 Å². The number of aryl methyl sites for hydroxylation is 2. The number of aromatic amines is 1. The molecule has 0 unspecified atom stereocenters. The normalized spacial score (nSPS) is 10.5. The second-order valence-electron chi connectivity index (χ2n) is 3.37. The van der Waals surface area contributed by atoms with Gasteiger partial charge in [0, 0.05) is 21.9 Å². The van der Waals surface area contributed by atoms with Crippen LogP contribution >= 0.6 is 15.9 Å². The van der Waals surface area contributed by atoms with Crippen molar-refractivity contribution in [3.05, 3.63) is 40.1 Å². The second-order valence-corrected chi connectivity index (χ2v) is 4.29. The fourth-order valence-electron chi connectivity index (χ4n) is 1.44. The minimum Gasteiger partial charge on any atom is -0.342 e. The van der Waals surface area contributed by atoms with E-state index in [9.17, 15) is 0 Å². The molecule has 14 heavy (non-hydrogen) atoms. The van der Waals surface area contributed by atoms with Crippen molar-refractivity contribution in [3.8, 4) is 11.4 Å². The van der Waals surface area contributed by atoms with E-state index in [1.165, 1.54) is 5.56 Å². The number of hydrogen-bond donors (Lipinski definition) is 1. The number of hydrogen-bond acceptors (Lipinski definition) is 1. The first-order valence-corrected chi connectivity index (χ1v) is 5.24. The van der Waals surface area contributed by atoms with Crippen LogP contribution < -0.4 is 0 Å². The molecule has 1 aromatic carbocycles. The summed E-state index contributed by atoms with van der Waals surface area (Å²) in [7, 11) is 0. The van der Waals surface area contributed by atoms with Crippen molar-refractivity contribution >= 4 is 15.9 Å². The zero-order valence-corrected chi connectivity index (χ0v) is 9.72. The highest BCUT2D eigenvalue weighted by molar-refractivity contribution is 9.10. The summed E-state index contributed by atoms with van der Waals surface area (Å²) in [5.41, 5.74) is 3.46. The first kappa shape index (κ1) is 9.46. The van der Waals surface area contributed by atoms with Crippen LogP contribution in [0.25, 0.3) is 11.4 Å². The van der Waals surface area contributed by atoms with Crippen LogP contribution in [0.15, 0.2) is 28.9 Å². The first-order valence-electron chi connectivity index (χ1n) is 4.45. The molecule has 2 aromatic rings. The lowest BCUT2D eigenvalue weighted by Crippen LogP contribution is -1.85. The maximum Gasteiger partial charge on any atom is 0.137 e. The number of benzene rings is 1. The van der Waals surface area contributed by atoms with E-state index in [4.69, 9.17) is 0 Å². The van der Waals surface area contributed by atoms with Gasteiger partial charge in [0.1, 0.15) is 5.82 Å². The highest BCUT2D eigenvalue weighted by atomic mass is 79.9. The Morgan fingerprint density at radius 2 is 2.07 bits per heavy atom. The Hall–Kier alpha value is -1.09. The molecule has 0 aliphatic rings. The molecule has 0 fully saturated rings. The van der Waals surface area contributed by atoms with Crippen LogP contribution in [0, 0.1) is 13.8 Å². The van der Waals surface area contributed by atoms with Crippen molar-refractivity contribution in [2.75, 3.05) is 0 Å². The van der Waals surface area contributed by atoms with Gasteiger partial charge in [-0.05, 0) is 37.6 Å². The van der Waals surface area contributed by atoms with Gasteiger partial charge in [-0.25, -0.2) is 4.98 Å². The third-order valence-corrected chi connectivity index (χ3v) is 2.64. The molecule has 0 saturated heterocycles. The summed E-state index contributed by atoms with van der Waals surface area (Å²) in [6.07, 6.45) is 1.84. The Labute approximate surface area is 91.5 Å². The van der Waals surface area contributed by atoms with Crippen LogP contribution in [0.5, 0.6) is 0 Å². The molecule has 72 valence electrons. The van der Waals surface area contributed by atoms with Crippen LogP contribution in [-0.2, 0) is 0 Å². The lowest BCUT2D eigenvalue weighted by molar-refractivity contribution is 1.24. The van der Waals surface area contributed by atoms with Gasteiger partial charge in [0.05, 0.1) is 0 Å². The van der Waals surface area contributed by atoms with E-state index in [0.717, 1.165) is 21.6 Å². The molecule has 1 aromatic heterocycles. The number of rotatable bonds is 1. The standard InChI is InChI=1S/C11H11BrN2/c1-7-5-9(12)3-4-10(7)11-13-6-8(2)14-11/h3-6H,1-2H3,(H,13,14). The molecule has 3 heteroatoms. The van der Waals surface area contributed by atoms with E-state index in [-0.39, 0.29) is 0 Å². The lowest BCUT2D eigenvalue weighted by Gasteiger charge is -2.02. The average Bonchev–Trinajstić information content (AvgIpc) is 2.51. The van der Waals surface area contributed by atoms with E-state index in [1.54, 1.807) is 0 Å². The summed E-state index contributed by atoms with van der Waals surface area (Å²) < 4.78 is 1.10. The van der Waals surface area contributed by atoms with Gasteiger partial charge < -0.3 is 4.98 Å². The summed E-state index contributed by atoms with van der Waals surface area (Å²) in [5, 5.41) is 0. The summed E-state index contributed by atoms with van der Waals surface area (Å²) in [6.45, 7) is 4.09. The molecule has 0 atom stereocenters. The predicted molar refractivity (Wildman–Crippen MR) is 61.2 cm³/mol. The molecule has 0 bridgehead atoms. The van der Waals surface area contributed by atoms with Crippen LogP contribution in [-0.4, -0.2) is 9.97 Å². The fourth-order valence-corrected chi connectivity index (χ4v) is 1.92. The molecule has 0 spiro atoms. The number of nitrogens with zero attached hydrogens (tertiary/aromatic N) is 1. The number of nitrogens with one attached hydrogen (secondary N) is 1. The van der Waals surface area contributed by atoms with Crippen molar-refractivity contribution < 1.29 is 0 Å². The predicted octanol–water partition coefficient (Wildman–Crippen LogP) is 3.46. The van der Waals surface area contributed by atoms with E-state index >= 15 is 0 Å². The van der Waals surface area contributed by atoms with Gasteiger partial charge >= 0.3 is 0 Å². The highest BCUT2D eigenvalue weighted by Gasteiger charge is 2.04. The van der Waals surface area contributed by atoms with E-state index in [0.29, 0.717) is 0 Å². The molecule has 0 saturated carbocycles. The van der Waals surface area contributed by atoms with Gasteiger partial charge in [-0.1, -0.05) is 15.9 Å². The maximum absolute atomic E-state index is 4.31. The summed E-state index contributed by atoms with van der Waals surface area (Å²) in [6, 6.07) is 6.19. The van der Waals surface area contributed by atoms with Crippen LogP contribution in [0.1, 0.15) is 11.3 Å². The molecule has 0 amide bonds. The third kappa shape index (κ3) is 1.73. The molecule has 2 nitrogen and oxygen atoms in total. The number of halogens is 1. The monoisotopic (exact) mass is 250 g/mol. The van der Waals surface area contributed by atoms with Crippen molar-refractivity contribution in [2.24, 2.45) is 0 Å². The quantitative estimate of drug-likeness (QED) is 0.826. The topological polar surface area (TPSA) is 28.7 Å². The van der Waals surface area contributed by atoms with Gasteiger partial charge in [-0.3, -0.25) is 0 Å². The van der Waals surface area contributed by atoms with E-state index in [2.05, 4.69) is 45.0 Å². The fraction of sp³-hybridized carbons (Fsp3) is 0.182. The first-order chi connectivity index (χ1) is 6.66. The van der Waals surface area contributed by atoms with Gasteiger partial charge in [-0.2, -0.15) is 0 Å². The molecule has 2 rings (SSSR count). The zero-order chi connectivity index (χ0) is 10.1. The SMILES string of the molecule is Cc1cnc(-c2ccc(Br)cc2C)[nH]1. The largest absolute Gasteiger partial charge is 0.342 e. The molecule has 1 heterocycles. The third-order valence-electron chi connectivity index (χ3n) is 2.15. The average molecular weight is 251 g/mol. The number of imidazole rings is 1. The second kappa shape index (κ2) is 3.58. The van der Waals surface area contributed by atoms with Crippen molar-refractivity contribution in [1.29, 1.82) is 0 Å². The Bertz CT molecular complexity index is 460. The van der Waals surface area contributed by atoms with Gasteiger partial charge in [0.15, 0.2) is 0 Å². The molecular formula is C11H11BrN2. The number of aromatic nitrogens is 2. The van der Waals surface area contributed by atoms with Crippen molar-refractivity contribution in [1.82, 2.24) is 9.97 Å². The van der Waals surface area contributed by atoms with Gasteiger partial charge in [0.2, 0.25) is 0 Å². The van der Waals surface area contributed by atoms with Crippen molar-refractivity contribution in [2.45, 2.75) is 13.8 Å². The smallest absolute Gasteiger partial charge is 0.137 e. The summed E-state index contributed by atoms with van der Waals surface area (Å²) >= 11 is 3.44. The Morgan fingerprint density at radius 3 is 2.64 bits per heavy atom. The van der Waals surface area contributed by atoms with Crippen LogP contribution in [0.3, 0.4) is 0 Å². The minimum absolute atomic E-state index is 0.938. The summed E-state index contributed by atoms with van der Waals surface area (Å²) in [4.78, 5) is 7.53. The Morgan fingerprint density at radius 1 is 1.29 bits per heavy atom. The molecule has 0 aliphatic carbocycles. The Balaban J connectivity index is 2.52. The van der Waals surface area contributed by atoms with E-state index in [1.807, 2.05) is 19.2 Å². The highest BCUT2D eigenvalue weighted by Crippen LogP contribution is 2.23. The van der Waals surface area contributed by atoms with Gasteiger partial charge in [-0.15, -0.1) is 0 Å². The zero-order valence-electron chi connectivity index (χ0n) is 8.13. The molecule has 1 N–H and O–H groups in total. The molecule has 0 radical (unpaired) electrons. The lowest BCUT2D eigenvalue weighted by atomic mass is 10.1. The van der Waals surface area contributed by atoms with E-state index < -0.39 is 0 Å². The molecule has 0 aliphatic heterocycles. The minimum atomic E-state index is 0.938. The Kier molecular flexibility index (Phi) is 2.42. The summed E-state index contributed by atoms with van der Waals surface area (Å²) in [5.74, 6) is 0.938. The number of H-pyrrole nitrogens is 1. The van der Waals surface area contributed by atoms with Crippen LogP contribution in [0.4, 0.5) is 0 Å². The van der Waals surface area contributed by atoms with Crippen molar-refractivity contribution in [3.63, 3.8) is 0 Å². The van der Waals surface area contributed by atoms with Crippen LogP contribution in [0.2, 0.25) is 0 Å². The maximum atomic E-state index is 4.31. The molecular weight excluding hydrogens is 240 g/mol.